The maximum Gasteiger partial charge on any atom is 0.355 e. The van der Waals surface area contributed by atoms with Crippen molar-refractivity contribution < 1.29 is 4.74 Å². The summed E-state index contributed by atoms with van der Waals surface area (Å²) in [5.74, 6) is 0. The molecule has 1 aromatic carbocycles. The van der Waals surface area contributed by atoms with Crippen molar-refractivity contribution in [1.29, 1.82) is 0 Å². The molecule has 0 N–H and O–H groups in total. The molecule has 0 saturated carbocycles. The number of aromatic nitrogens is 6. The molecule has 9 heteroatoms. The van der Waals surface area contributed by atoms with Crippen LogP contribution in [0.1, 0.15) is 0 Å². The number of para-hydroxylation sites is 1. The number of nitrogens with zero attached hydrogens (tertiary/aromatic N) is 6. The normalized spacial score (nSPS) is 11.5. The molecule has 0 unspecified atom stereocenters. The molecule has 0 atom stereocenters. The first kappa shape index (κ1) is 13.0. The first-order valence-corrected chi connectivity index (χ1v) is 7.25. The highest BCUT2D eigenvalue weighted by molar-refractivity contribution is 7.21. The van der Waals surface area contributed by atoms with Crippen LogP contribution in [0.5, 0.6) is 0 Å². The molecule has 110 valence electrons. The van der Waals surface area contributed by atoms with E-state index in [-0.39, 0.29) is 12.4 Å². The highest BCUT2D eigenvalue weighted by Crippen LogP contribution is 2.30. The van der Waals surface area contributed by atoms with Crippen molar-refractivity contribution in [2.75, 3.05) is 7.11 Å². The van der Waals surface area contributed by atoms with E-state index < -0.39 is 0 Å². The average Bonchev–Trinajstić information content (AvgIpc) is 3.13. The maximum absolute atomic E-state index is 12.2. The van der Waals surface area contributed by atoms with Gasteiger partial charge in [0.15, 0.2) is 5.65 Å². The molecule has 0 spiro atoms. The number of imidazole rings is 1. The number of methoxy groups -OCH3 is 1. The lowest BCUT2D eigenvalue weighted by Crippen LogP contribution is -2.30. The molecule has 0 saturated heterocycles. The van der Waals surface area contributed by atoms with Gasteiger partial charge in [-0.1, -0.05) is 17.3 Å². The summed E-state index contributed by atoms with van der Waals surface area (Å²) in [4.78, 5) is 21.0. The third-order valence-corrected chi connectivity index (χ3v) is 4.21. The summed E-state index contributed by atoms with van der Waals surface area (Å²) in [5, 5.41) is 8.63. The first-order chi connectivity index (χ1) is 10.8. The molecule has 3 heterocycles. The van der Waals surface area contributed by atoms with Gasteiger partial charge in [0.05, 0.1) is 10.2 Å². The summed E-state index contributed by atoms with van der Waals surface area (Å²) in [7, 11) is 1.48. The third-order valence-electron chi connectivity index (χ3n) is 3.16. The minimum absolute atomic E-state index is 0.0381. The fourth-order valence-electron chi connectivity index (χ4n) is 2.16. The summed E-state index contributed by atoms with van der Waals surface area (Å²) in [6.45, 7) is 0.0381. The predicted molar refractivity (Wildman–Crippen MR) is 80.7 cm³/mol. The second-order valence-electron chi connectivity index (χ2n) is 4.56. The van der Waals surface area contributed by atoms with E-state index in [0.29, 0.717) is 16.3 Å². The van der Waals surface area contributed by atoms with Gasteiger partial charge in [-0.25, -0.2) is 19.2 Å². The van der Waals surface area contributed by atoms with Crippen LogP contribution in [0.2, 0.25) is 0 Å². The van der Waals surface area contributed by atoms with Crippen LogP contribution in [0.25, 0.3) is 26.6 Å². The van der Waals surface area contributed by atoms with Gasteiger partial charge in [-0.2, -0.15) is 4.68 Å². The number of thiazole rings is 1. The van der Waals surface area contributed by atoms with E-state index in [1.165, 1.54) is 29.2 Å². The zero-order valence-corrected chi connectivity index (χ0v) is 12.3. The van der Waals surface area contributed by atoms with E-state index in [1.807, 2.05) is 24.3 Å². The lowest BCUT2D eigenvalue weighted by Gasteiger charge is -2.01. The Balaban J connectivity index is 1.92. The Hall–Kier alpha value is -2.65. The molecule has 0 aliphatic heterocycles. The maximum atomic E-state index is 12.2. The molecule has 3 aromatic heterocycles. The lowest BCUT2D eigenvalue weighted by molar-refractivity contribution is 0.111. The van der Waals surface area contributed by atoms with E-state index in [0.717, 1.165) is 14.9 Å². The number of fused-ring (bicyclic) bond motifs is 2. The highest BCUT2D eigenvalue weighted by Gasteiger charge is 2.16. The Morgan fingerprint density at radius 3 is 3.00 bits per heavy atom. The molecule has 8 nitrogen and oxygen atoms in total. The Kier molecular flexibility index (Phi) is 2.94. The fourth-order valence-corrected chi connectivity index (χ4v) is 3.12. The van der Waals surface area contributed by atoms with Gasteiger partial charge in [-0.3, -0.25) is 0 Å². The van der Waals surface area contributed by atoms with Crippen LogP contribution < -0.4 is 5.69 Å². The van der Waals surface area contributed by atoms with Crippen molar-refractivity contribution in [3.05, 3.63) is 41.1 Å². The molecule has 0 bridgehead atoms. The van der Waals surface area contributed by atoms with Crippen molar-refractivity contribution in [2.24, 2.45) is 0 Å². The van der Waals surface area contributed by atoms with Gasteiger partial charge in [-0.15, -0.1) is 16.4 Å². The highest BCUT2D eigenvalue weighted by atomic mass is 32.1. The minimum Gasteiger partial charge on any atom is -0.362 e. The van der Waals surface area contributed by atoms with Crippen molar-refractivity contribution in [2.45, 2.75) is 6.73 Å². The SMILES string of the molecule is COCn1nnc2c(-c3nc4ccccc4s3)ncn2c1=O. The van der Waals surface area contributed by atoms with Gasteiger partial charge in [0.2, 0.25) is 0 Å². The quantitative estimate of drug-likeness (QED) is 0.564. The van der Waals surface area contributed by atoms with E-state index in [9.17, 15) is 4.79 Å². The summed E-state index contributed by atoms with van der Waals surface area (Å²) < 4.78 is 8.42. The largest absolute Gasteiger partial charge is 0.362 e. The molecular formula is C13H10N6O2S. The number of benzene rings is 1. The molecule has 4 aromatic rings. The van der Waals surface area contributed by atoms with Gasteiger partial charge < -0.3 is 4.74 Å². The van der Waals surface area contributed by atoms with Crippen LogP contribution in [-0.4, -0.2) is 36.5 Å². The second kappa shape index (κ2) is 4.97. The van der Waals surface area contributed by atoms with Crippen molar-refractivity contribution in [3.8, 4) is 10.7 Å². The topological polar surface area (TPSA) is 87.2 Å². The van der Waals surface area contributed by atoms with Crippen molar-refractivity contribution in [3.63, 3.8) is 0 Å². The molecule has 22 heavy (non-hydrogen) atoms. The van der Waals surface area contributed by atoms with Gasteiger partial charge in [0.25, 0.3) is 0 Å². The third kappa shape index (κ3) is 1.90. The Bertz CT molecular complexity index is 1000. The van der Waals surface area contributed by atoms with Crippen molar-refractivity contribution in [1.82, 2.24) is 29.4 Å². The van der Waals surface area contributed by atoms with Crippen LogP contribution >= 0.6 is 11.3 Å². The van der Waals surface area contributed by atoms with Crippen LogP contribution in [0.15, 0.2) is 35.4 Å². The molecule has 0 amide bonds. The number of rotatable bonds is 3. The lowest BCUT2D eigenvalue weighted by atomic mass is 10.3. The molecule has 0 aliphatic carbocycles. The summed E-state index contributed by atoms with van der Waals surface area (Å²) >= 11 is 1.50. The molecule has 0 radical (unpaired) electrons. The van der Waals surface area contributed by atoms with Crippen LogP contribution in [0.3, 0.4) is 0 Å². The van der Waals surface area contributed by atoms with Gasteiger partial charge in [0.1, 0.15) is 23.8 Å². The smallest absolute Gasteiger partial charge is 0.355 e. The second-order valence-corrected chi connectivity index (χ2v) is 5.59. The van der Waals surface area contributed by atoms with Gasteiger partial charge >= 0.3 is 5.69 Å². The molecule has 0 fully saturated rings. The first-order valence-electron chi connectivity index (χ1n) is 6.43. The predicted octanol–water partition coefficient (Wildman–Crippen LogP) is 1.17. The van der Waals surface area contributed by atoms with Gasteiger partial charge in [0, 0.05) is 7.11 Å². The summed E-state index contributed by atoms with van der Waals surface area (Å²) in [6, 6.07) is 7.82. The average molecular weight is 314 g/mol. The number of ether oxygens (including phenoxy) is 1. The fraction of sp³-hybridized carbons (Fsp3) is 0.154. The Morgan fingerprint density at radius 1 is 1.32 bits per heavy atom. The van der Waals surface area contributed by atoms with E-state index in [4.69, 9.17) is 4.74 Å². The van der Waals surface area contributed by atoms with Gasteiger partial charge in [-0.05, 0) is 12.1 Å². The Labute approximate surface area is 127 Å². The van der Waals surface area contributed by atoms with Crippen LogP contribution in [0, 0.1) is 0 Å². The van der Waals surface area contributed by atoms with E-state index in [1.54, 1.807) is 0 Å². The van der Waals surface area contributed by atoms with E-state index >= 15 is 0 Å². The number of hydrogen-bond donors (Lipinski definition) is 0. The van der Waals surface area contributed by atoms with Crippen LogP contribution in [0.4, 0.5) is 0 Å². The van der Waals surface area contributed by atoms with Crippen molar-refractivity contribution >= 4 is 27.2 Å². The zero-order chi connectivity index (χ0) is 15.1. The standard InChI is InChI=1S/C13H10N6O2S/c1-21-7-19-13(20)18-6-14-10(11(18)16-17-19)12-15-8-4-2-3-5-9(8)22-12/h2-6H,7H2,1H3. The summed E-state index contributed by atoms with van der Waals surface area (Å²) in [5.41, 5.74) is 1.47. The zero-order valence-electron chi connectivity index (χ0n) is 11.5. The number of hydrogen-bond acceptors (Lipinski definition) is 7. The minimum atomic E-state index is -0.355. The summed E-state index contributed by atoms with van der Waals surface area (Å²) in [6.07, 6.45) is 1.43. The molecular weight excluding hydrogens is 304 g/mol. The molecule has 4 rings (SSSR count). The Morgan fingerprint density at radius 2 is 2.18 bits per heavy atom. The van der Waals surface area contributed by atoms with Crippen LogP contribution in [-0.2, 0) is 11.5 Å². The monoisotopic (exact) mass is 314 g/mol. The molecule has 0 aliphatic rings. The van der Waals surface area contributed by atoms with E-state index in [2.05, 4.69) is 20.3 Å².